The molecule has 0 saturated heterocycles. The summed E-state index contributed by atoms with van der Waals surface area (Å²) >= 11 is 0. The maximum Gasteiger partial charge on any atom is 0.355 e. The third-order valence-electron chi connectivity index (χ3n) is 2.68. The van der Waals surface area contributed by atoms with E-state index in [0.717, 1.165) is 0 Å². The summed E-state index contributed by atoms with van der Waals surface area (Å²) in [5.74, 6) is -0.745. The molecule has 0 aliphatic heterocycles. The van der Waals surface area contributed by atoms with Crippen molar-refractivity contribution in [3.05, 3.63) is 18.0 Å². The Morgan fingerprint density at radius 3 is 2.44 bits per heavy atom. The molecule has 1 aromatic rings. The lowest BCUT2D eigenvalue weighted by Crippen LogP contribution is -2.34. The van der Waals surface area contributed by atoms with Crippen LogP contribution in [0.25, 0.3) is 0 Å². The molecular formula is C12H19N3O3. The van der Waals surface area contributed by atoms with E-state index in [0.29, 0.717) is 24.5 Å². The Morgan fingerprint density at radius 1 is 1.39 bits per heavy atom. The van der Waals surface area contributed by atoms with Gasteiger partial charge in [-0.2, -0.15) is 0 Å². The first-order valence-electron chi connectivity index (χ1n) is 5.86. The number of likely N-dealkylation sites (N-methyl/N-ethyl adjacent to an activating group) is 1. The summed E-state index contributed by atoms with van der Waals surface area (Å²) in [6.45, 7) is 4.71. The molecule has 0 aromatic carbocycles. The topological polar surface area (TPSA) is 77.6 Å². The predicted molar refractivity (Wildman–Crippen MR) is 68.0 cm³/mol. The Morgan fingerprint density at radius 2 is 2.00 bits per heavy atom. The number of rotatable bonds is 5. The Kier molecular flexibility index (Phi) is 4.76. The highest BCUT2D eigenvalue weighted by molar-refractivity contribution is 5.91. The van der Waals surface area contributed by atoms with E-state index >= 15 is 0 Å². The van der Waals surface area contributed by atoms with Crippen molar-refractivity contribution in [2.45, 2.75) is 13.8 Å². The fourth-order valence-electron chi connectivity index (χ4n) is 1.66. The van der Waals surface area contributed by atoms with E-state index < -0.39 is 5.97 Å². The smallest absolute Gasteiger partial charge is 0.355 e. The Balaban J connectivity index is 2.56. The molecule has 0 fully saturated rings. The van der Waals surface area contributed by atoms with Crippen LogP contribution in [0.3, 0.4) is 0 Å². The first-order chi connectivity index (χ1) is 8.49. The number of anilines is 1. The summed E-state index contributed by atoms with van der Waals surface area (Å²) in [6, 6.07) is 1.52. The van der Waals surface area contributed by atoms with Crippen molar-refractivity contribution in [2.24, 2.45) is 7.05 Å². The van der Waals surface area contributed by atoms with Gasteiger partial charge in [0.1, 0.15) is 5.69 Å². The zero-order valence-electron chi connectivity index (χ0n) is 11.0. The molecule has 1 amide bonds. The van der Waals surface area contributed by atoms with E-state index in [9.17, 15) is 9.59 Å². The molecular weight excluding hydrogens is 234 g/mol. The zero-order chi connectivity index (χ0) is 13.7. The van der Waals surface area contributed by atoms with Crippen LogP contribution in [-0.2, 0) is 16.6 Å². The number of amides is 1. The number of ether oxygens (including phenoxy) is 1. The molecule has 0 aliphatic rings. The fraction of sp³-hybridized carbons (Fsp3) is 0.500. The van der Waals surface area contributed by atoms with E-state index in [1.165, 1.54) is 6.07 Å². The lowest BCUT2D eigenvalue weighted by atomic mass is 10.4. The van der Waals surface area contributed by atoms with Crippen molar-refractivity contribution in [1.82, 2.24) is 9.47 Å². The number of esters is 1. The number of carbonyl (C=O) groups excluding carboxylic acids is 2. The van der Waals surface area contributed by atoms with Gasteiger partial charge in [0.2, 0.25) is 0 Å². The summed E-state index contributed by atoms with van der Waals surface area (Å²) in [5.41, 5.74) is 6.38. The van der Waals surface area contributed by atoms with E-state index in [1.807, 2.05) is 13.8 Å². The highest BCUT2D eigenvalue weighted by atomic mass is 16.5. The average molecular weight is 253 g/mol. The molecule has 0 atom stereocenters. The van der Waals surface area contributed by atoms with Gasteiger partial charge in [-0.15, -0.1) is 0 Å². The van der Waals surface area contributed by atoms with Crippen molar-refractivity contribution < 1.29 is 14.3 Å². The summed E-state index contributed by atoms with van der Waals surface area (Å²) in [7, 11) is 1.69. The largest absolute Gasteiger partial charge is 0.451 e. The van der Waals surface area contributed by atoms with Crippen LogP contribution in [0.4, 0.5) is 5.69 Å². The number of nitrogens with zero attached hydrogens (tertiary/aromatic N) is 2. The normalized spacial score (nSPS) is 10.2. The standard InChI is InChI=1S/C12H19N3O3/c1-4-15(5-2)11(16)8-18-12(17)10-6-9(13)7-14(10)3/h6-7H,4-5,8,13H2,1-3H3. The van der Waals surface area contributed by atoms with Crippen LogP contribution in [0.1, 0.15) is 24.3 Å². The lowest BCUT2D eigenvalue weighted by molar-refractivity contribution is -0.134. The molecule has 0 aliphatic carbocycles. The number of carbonyl (C=O) groups is 2. The predicted octanol–water partition coefficient (Wildman–Crippen LogP) is 0.632. The number of hydrogen-bond acceptors (Lipinski definition) is 4. The second kappa shape index (κ2) is 6.09. The molecule has 1 aromatic heterocycles. The van der Waals surface area contributed by atoms with Crippen LogP contribution in [0.5, 0.6) is 0 Å². The second-order valence-electron chi connectivity index (χ2n) is 3.91. The minimum atomic E-state index is -0.547. The molecule has 100 valence electrons. The lowest BCUT2D eigenvalue weighted by Gasteiger charge is -2.18. The van der Waals surface area contributed by atoms with Gasteiger partial charge >= 0.3 is 5.97 Å². The second-order valence-corrected chi connectivity index (χ2v) is 3.91. The van der Waals surface area contributed by atoms with Crippen LogP contribution in [-0.4, -0.2) is 41.0 Å². The van der Waals surface area contributed by atoms with Gasteiger partial charge in [-0.1, -0.05) is 0 Å². The Bertz CT molecular complexity index is 436. The summed E-state index contributed by atoms with van der Waals surface area (Å²) in [5, 5.41) is 0. The molecule has 6 heteroatoms. The zero-order valence-corrected chi connectivity index (χ0v) is 11.0. The average Bonchev–Trinajstić information content (AvgIpc) is 2.67. The number of hydrogen-bond donors (Lipinski definition) is 1. The van der Waals surface area contributed by atoms with Gasteiger partial charge in [-0.05, 0) is 19.9 Å². The van der Waals surface area contributed by atoms with E-state index in [-0.39, 0.29) is 12.5 Å². The van der Waals surface area contributed by atoms with E-state index in [4.69, 9.17) is 10.5 Å². The van der Waals surface area contributed by atoms with Crippen molar-refractivity contribution in [1.29, 1.82) is 0 Å². The first-order valence-corrected chi connectivity index (χ1v) is 5.86. The molecule has 0 unspecified atom stereocenters. The molecule has 0 saturated carbocycles. The molecule has 0 spiro atoms. The van der Waals surface area contributed by atoms with Crippen molar-refractivity contribution >= 4 is 17.6 Å². The minimum Gasteiger partial charge on any atom is -0.451 e. The molecule has 0 bridgehead atoms. The highest BCUT2D eigenvalue weighted by Gasteiger charge is 2.16. The summed E-state index contributed by atoms with van der Waals surface area (Å²) < 4.78 is 6.53. The van der Waals surface area contributed by atoms with Gasteiger partial charge in [-0.25, -0.2) is 4.79 Å². The molecule has 18 heavy (non-hydrogen) atoms. The Hall–Kier alpha value is -1.98. The van der Waals surface area contributed by atoms with Crippen LogP contribution >= 0.6 is 0 Å². The third kappa shape index (κ3) is 3.26. The molecule has 1 heterocycles. The van der Waals surface area contributed by atoms with Crippen molar-refractivity contribution in [3.63, 3.8) is 0 Å². The molecule has 6 nitrogen and oxygen atoms in total. The highest BCUT2D eigenvalue weighted by Crippen LogP contribution is 2.09. The minimum absolute atomic E-state index is 0.199. The van der Waals surface area contributed by atoms with E-state index in [1.54, 1.807) is 22.7 Å². The van der Waals surface area contributed by atoms with Gasteiger partial charge in [0.15, 0.2) is 6.61 Å². The summed E-state index contributed by atoms with van der Waals surface area (Å²) in [6.07, 6.45) is 1.61. The van der Waals surface area contributed by atoms with Crippen LogP contribution in [0, 0.1) is 0 Å². The van der Waals surface area contributed by atoms with Crippen LogP contribution in [0.15, 0.2) is 12.3 Å². The fourth-order valence-corrected chi connectivity index (χ4v) is 1.66. The van der Waals surface area contributed by atoms with Gasteiger partial charge in [-0.3, -0.25) is 4.79 Å². The maximum absolute atomic E-state index is 11.7. The van der Waals surface area contributed by atoms with Gasteiger partial charge in [0.25, 0.3) is 5.91 Å². The number of nitrogens with two attached hydrogens (primary N) is 1. The number of nitrogen functional groups attached to an aromatic ring is 1. The SMILES string of the molecule is CCN(CC)C(=O)COC(=O)c1cc(N)cn1C. The van der Waals surface area contributed by atoms with E-state index in [2.05, 4.69) is 0 Å². The monoisotopic (exact) mass is 253 g/mol. The summed E-state index contributed by atoms with van der Waals surface area (Å²) in [4.78, 5) is 25.0. The van der Waals surface area contributed by atoms with Crippen molar-refractivity contribution in [2.75, 3.05) is 25.4 Å². The number of aryl methyl sites for hydroxylation is 1. The third-order valence-corrected chi connectivity index (χ3v) is 2.68. The Labute approximate surface area is 106 Å². The maximum atomic E-state index is 11.7. The molecule has 2 N–H and O–H groups in total. The molecule has 1 rings (SSSR count). The quantitative estimate of drug-likeness (QED) is 0.781. The molecule has 0 radical (unpaired) electrons. The number of aromatic nitrogens is 1. The van der Waals surface area contributed by atoms with Crippen molar-refractivity contribution in [3.8, 4) is 0 Å². The van der Waals surface area contributed by atoms with Gasteiger partial charge in [0, 0.05) is 26.3 Å². The van der Waals surface area contributed by atoms with Gasteiger partial charge in [0.05, 0.1) is 5.69 Å². The van der Waals surface area contributed by atoms with Crippen LogP contribution < -0.4 is 5.73 Å². The van der Waals surface area contributed by atoms with Gasteiger partial charge < -0.3 is 19.9 Å². The first kappa shape index (κ1) is 14.1. The van der Waals surface area contributed by atoms with Crippen LogP contribution in [0.2, 0.25) is 0 Å².